The van der Waals surface area contributed by atoms with E-state index < -0.39 is 36.0 Å². The lowest BCUT2D eigenvalue weighted by atomic mass is 9.92. The second-order valence-electron chi connectivity index (χ2n) is 5.62. The van der Waals surface area contributed by atoms with Crippen molar-refractivity contribution < 1.29 is 19.2 Å². The molecule has 1 aliphatic rings. The van der Waals surface area contributed by atoms with Crippen molar-refractivity contribution in [3.05, 3.63) is 46.5 Å². The van der Waals surface area contributed by atoms with Crippen LogP contribution in [0.5, 0.6) is 0 Å². The fourth-order valence-electron chi connectivity index (χ4n) is 2.44. The van der Waals surface area contributed by atoms with Crippen molar-refractivity contribution in [3.63, 3.8) is 0 Å². The number of amides is 6. The first-order valence-electron chi connectivity index (χ1n) is 7.47. The summed E-state index contributed by atoms with van der Waals surface area (Å²) < 4.78 is 0. The van der Waals surface area contributed by atoms with Gasteiger partial charge in [-0.05, 0) is 19.1 Å². The quantitative estimate of drug-likeness (QED) is 0.518. The fourth-order valence-corrected chi connectivity index (χ4v) is 3.03. The predicted molar refractivity (Wildman–Crippen MR) is 95.8 cm³/mol. The van der Waals surface area contributed by atoms with E-state index >= 15 is 0 Å². The molecular weight excluding hydrogens is 383 g/mol. The lowest BCUT2D eigenvalue weighted by Crippen LogP contribution is -2.47. The van der Waals surface area contributed by atoms with Gasteiger partial charge in [-0.25, -0.2) is 9.59 Å². The monoisotopic (exact) mass is 398 g/mol. The lowest BCUT2D eigenvalue weighted by Gasteiger charge is -2.23. The number of carbonyl (C=O) groups is 4. The molecule has 1 aliphatic heterocycles. The average molecular weight is 399 g/mol. The van der Waals surface area contributed by atoms with Gasteiger partial charge in [0, 0.05) is 22.2 Å². The lowest BCUT2D eigenvalue weighted by molar-refractivity contribution is -0.134. The van der Waals surface area contributed by atoms with Gasteiger partial charge in [-0.1, -0.05) is 35.3 Å². The number of nitrogens with one attached hydrogen (secondary N) is 3. The minimum absolute atomic E-state index is 0.162. The molecule has 1 atom stereocenters. The zero-order chi connectivity index (χ0) is 19.5. The van der Waals surface area contributed by atoms with Crippen LogP contribution in [-0.4, -0.2) is 41.9 Å². The Balaban J connectivity index is 2.14. The number of hydrogen-bond donors (Lipinski definition) is 3. The van der Waals surface area contributed by atoms with Crippen LogP contribution in [0.15, 0.2) is 30.9 Å². The van der Waals surface area contributed by atoms with Gasteiger partial charge in [0.15, 0.2) is 0 Å². The predicted octanol–water partition coefficient (Wildman–Crippen LogP) is 1.77. The molecule has 3 N–H and O–H groups in total. The highest BCUT2D eigenvalue weighted by atomic mass is 35.5. The molecule has 1 fully saturated rings. The molecule has 1 aromatic carbocycles. The second-order valence-corrected chi connectivity index (χ2v) is 6.46. The van der Waals surface area contributed by atoms with Crippen molar-refractivity contribution in [1.82, 2.24) is 20.9 Å². The summed E-state index contributed by atoms with van der Waals surface area (Å²) in [6, 6.07) is 2.97. The molecule has 1 heterocycles. The zero-order valence-electron chi connectivity index (χ0n) is 13.8. The summed E-state index contributed by atoms with van der Waals surface area (Å²) in [5, 5.41) is 7.45. The normalized spacial score (nSPS) is 19.1. The van der Waals surface area contributed by atoms with Gasteiger partial charge < -0.3 is 10.6 Å². The zero-order valence-corrected chi connectivity index (χ0v) is 15.3. The number of imide groups is 2. The molecule has 2 rings (SSSR count). The molecule has 8 nitrogen and oxygen atoms in total. The van der Waals surface area contributed by atoms with Crippen molar-refractivity contribution >= 4 is 47.1 Å². The summed E-state index contributed by atoms with van der Waals surface area (Å²) in [5.41, 5.74) is -1.11. The number of hydrogen-bond acceptors (Lipinski definition) is 4. The molecule has 0 saturated carbocycles. The fraction of sp³-hybridized carbons (Fsp3) is 0.250. The SMILES string of the molecule is C=CCNC(=O)NC(=O)CN1C(=O)N[C@@](C)(c2ccc(Cl)cc2Cl)C1=O. The average Bonchev–Trinajstić information content (AvgIpc) is 2.76. The molecule has 0 bridgehead atoms. The molecule has 0 radical (unpaired) electrons. The van der Waals surface area contributed by atoms with Crippen molar-refractivity contribution in [3.8, 4) is 0 Å². The van der Waals surface area contributed by atoms with Crippen LogP contribution in [0.25, 0.3) is 0 Å². The van der Waals surface area contributed by atoms with Crippen molar-refractivity contribution in [2.24, 2.45) is 0 Å². The Morgan fingerprint density at radius 3 is 2.65 bits per heavy atom. The van der Waals surface area contributed by atoms with Crippen molar-refractivity contribution in [2.45, 2.75) is 12.5 Å². The summed E-state index contributed by atoms with van der Waals surface area (Å²) >= 11 is 12.0. The van der Waals surface area contributed by atoms with Crippen LogP contribution in [0.3, 0.4) is 0 Å². The Morgan fingerprint density at radius 2 is 2.04 bits per heavy atom. The molecule has 0 aromatic heterocycles. The van der Waals surface area contributed by atoms with Gasteiger partial charge in [0.25, 0.3) is 5.91 Å². The van der Waals surface area contributed by atoms with E-state index in [0.29, 0.717) is 15.5 Å². The summed E-state index contributed by atoms with van der Waals surface area (Å²) in [4.78, 5) is 49.0. The van der Waals surface area contributed by atoms with Crippen LogP contribution < -0.4 is 16.0 Å². The first kappa shape index (κ1) is 19.7. The third-order valence-electron chi connectivity index (χ3n) is 3.71. The van der Waals surface area contributed by atoms with E-state index in [1.54, 1.807) is 0 Å². The van der Waals surface area contributed by atoms with Gasteiger partial charge >= 0.3 is 12.1 Å². The molecular formula is C16H16Cl2N4O4. The van der Waals surface area contributed by atoms with Gasteiger partial charge in [-0.3, -0.25) is 19.8 Å². The standard InChI is InChI=1S/C16H16Cl2N4O4/c1-3-6-19-14(25)20-12(23)8-22-13(24)16(2,21-15(22)26)10-5-4-9(17)7-11(10)18/h3-5,7H,1,6,8H2,2H3,(H,21,26)(H2,19,20,23,25)/t16-/m0/s1. The van der Waals surface area contributed by atoms with E-state index in [9.17, 15) is 19.2 Å². The Morgan fingerprint density at radius 1 is 1.35 bits per heavy atom. The largest absolute Gasteiger partial charge is 0.334 e. The van der Waals surface area contributed by atoms with Gasteiger partial charge in [0.1, 0.15) is 12.1 Å². The highest BCUT2D eigenvalue weighted by molar-refractivity contribution is 6.35. The number of carbonyl (C=O) groups excluding carboxylic acids is 4. The highest BCUT2D eigenvalue weighted by Crippen LogP contribution is 2.34. The van der Waals surface area contributed by atoms with Crippen LogP contribution in [-0.2, 0) is 15.1 Å². The van der Waals surface area contributed by atoms with Crippen molar-refractivity contribution in [1.29, 1.82) is 0 Å². The molecule has 0 unspecified atom stereocenters. The first-order chi connectivity index (χ1) is 12.2. The maximum Gasteiger partial charge on any atom is 0.325 e. The van der Waals surface area contributed by atoms with Gasteiger partial charge in [0.2, 0.25) is 5.91 Å². The summed E-state index contributed by atoms with van der Waals surface area (Å²) in [5.74, 6) is -1.49. The number of benzene rings is 1. The molecule has 1 aromatic rings. The molecule has 10 heteroatoms. The number of halogens is 2. The van der Waals surface area contributed by atoms with Crippen LogP contribution >= 0.6 is 23.2 Å². The van der Waals surface area contributed by atoms with E-state index in [1.165, 1.54) is 31.2 Å². The molecule has 0 aliphatic carbocycles. The molecule has 0 spiro atoms. The van der Waals surface area contributed by atoms with Gasteiger partial charge in [0.05, 0.1) is 0 Å². The van der Waals surface area contributed by atoms with Gasteiger partial charge in [-0.15, -0.1) is 6.58 Å². The van der Waals surface area contributed by atoms with Crippen LogP contribution in [0.2, 0.25) is 10.0 Å². The van der Waals surface area contributed by atoms with E-state index in [4.69, 9.17) is 23.2 Å². The van der Waals surface area contributed by atoms with E-state index in [1.807, 2.05) is 5.32 Å². The first-order valence-corrected chi connectivity index (χ1v) is 8.23. The topological polar surface area (TPSA) is 108 Å². The van der Waals surface area contributed by atoms with E-state index in [-0.39, 0.29) is 11.6 Å². The maximum atomic E-state index is 12.7. The summed E-state index contributed by atoms with van der Waals surface area (Å²) in [6.07, 6.45) is 1.43. The molecule has 6 amide bonds. The molecule has 138 valence electrons. The summed E-state index contributed by atoms with van der Waals surface area (Å²) in [6.45, 7) is 4.43. The van der Waals surface area contributed by atoms with Crippen LogP contribution in [0.1, 0.15) is 12.5 Å². The minimum Gasteiger partial charge on any atom is -0.334 e. The van der Waals surface area contributed by atoms with E-state index in [2.05, 4.69) is 17.2 Å². The Kier molecular flexibility index (Phi) is 5.89. The molecule has 1 saturated heterocycles. The third kappa shape index (κ3) is 3.97. The van der Waals surface area contributed by atoms with E-state index in [0.717, 1.165) is 0 Å². The van der Waals surface area contributed by atoms with Gasteiger partial charge in [-0.2, -0.15) is 0 Å². The molecule has 26 heavy (non-hydrogen) atoms. The van der Waals surface area contributed by atoms with Crippen LogP contribution in [0, 0.1) is 0 Å². The number of urea groups is 2. The third-order valence-corrected chi connectivity index (χ3v) is 4.25. The summed E-state index contributed by atoms with van der Waals surface area (Å²) in [7, 11) is 0. The van der Waals surface area contributed by atoms with Crippen LogP contribution in [0.4, 0.5) is 9.59 Å². The Bertz CT molecular complexity index is 798. The smallest absolute Gasteiger partial charge is 0.325 e. The number of nitrogens with zero attached hydrogens (tertiary/aromatic N) is 1. The Hall–Kier alpha value is -2.58. The Labute approximate surface area is 159 Å². The minimum atomic E-state index is -1.45. The number of rotatable bonds is 5. The second kappa shape index (κ2) is 7.76. The highest BCUT2D eigenvalue weighted by Gasteiger charge is 2.50. The van der Waals surface area contributed by atoms with Crippen molar-refractivity contribution in [2.75, 3.05) is 13.1 Å². The maximum absolute atomic E-state index is 12.7.